The quantitative estimate of drug-likeness (QED) is 0.843. The largest absolute Gasteiger partial charge is 0.368 e. The number of aromatic nitrogens is 2. The van der Waals surface area contributed by atoms with Crippen molar-refractivity contribution in [2.75, 3.05) is 6.61 Å². The van der Waals surface area contributed by atoms with Crippen LogP contribution in [0, 0.1) is 0 Å². The molecule has 96 valence electrons. The van der Waals surface area contributed by atoms with Crippen molar-refractivity contribution in [1.29, 1.82) is 0 Å². The average Bonchev–Trinajstić information content (AvgIpc) is 2.89. The standard InChI is InChI=1S/C13H17N3O2/c1-10(13-15-12(9-14)16-18-13)17-8-7-11-5-3-2-4-6-11/h2-6,10H,7-9,14H2,1H3. The van der Waals surface area contributed by atoms with Crippen molar-refractivity contribution in [1.82, 2.24) is 10.1 Å². The van der Waals surface area contributed by atoms with Crippen LogP contribution in [0.1, 0.15) is 30.3 Å². The van der Waals surface area contributed by atoms with Gasteiger partial charge < -0.3 is 15.0 Å². The lowest BCUT2D eigenvalue weighted by atomic mass is 10.2. The molecular weight excluding hydrogens is 230 g/mol. The molecular formula is C13H17N3O2. The highest BCUT2D eigenvalue weighted by Crippen LogP contribution is 2.14. The van der Waals surface area contributed by atoms with E-state index in [0.717, 1.165) is 6.42 Å². The Bertz CT molecular complexity index is 470. The van der Waals surface area contributed by atoms with Gasteiger partial charge in [-0.3, -0.25) is 0 Å². The summed E-state index contributed by atoms with van der Waals surface area (Å²) < 4.78 is 10.7. The highest BCUT2D eigenvalue weighted by atomic mass is 16.5. The Morgan fingerprint density at radius 1 is 1.33 bits per heavy atom. The third-order valence-corrected chi connectivity index (χ3v) is 2.62. The fourth-order valence-corrected chi connectivity index (χ4v) is 1.59. The lowest BCUT2D eigenvalue weighted by molar-refractivity contribution is 0.0449. The summed E-state index contributed by atoms with van der Waals surface area (Å²) in [6.07, 6.45) is 0.657. The molecule has 18 heavy (non-hydrogen) atoms. The van der Waals surface area contributed by atoms with Gasteiger partial charge in [-0.25, -0.2) is 0 Å². The van der Waals surface area contributed by atoms with E-state index >= 15 is 0 Å². The van der Waals surface area contributed by atoms with Crippen LogP contribution in [0.2, 0.25) is 0 Å². The maximum absolute atomic E-state index is 5.65. The van der Waals surface area contributed by atoms with Crippen LogP contribution < -0.4 is 5.73 Å². The molecule has 0 fully saturated rings. The minimum Gasteiger partial charge on any atom is -0.368 e. The maximum Gasteiger partial charge on any atom is 0.255 e. The fourth-order valence-electron chi connectivity index (χ4n) is 1.59. The van der Waals surface area contributed by atoms with Gasteiger partial charge in [0.15, 0.2) is 5.82 Å². The minimum atomic E-state index is -0.207. The topological polar surface area (TPSA) is 74.2 Å². The highest BCUT2D eigenvalue weighted by Gasteiger charge is 2.13. The van der Waals surface area contributed by atoms with Gasteiger partial charge in [0.2, 0.25) is 0 Å². The second kappa shape index (κ2) is 6.28. The summed E-state index contributed by atoms with van der Waals surface area (Å²) in [6.45, 7) is 2.78. The lowest BCUT2D eigenvalue weighted by Gasteiger charge is -2.08. The molecule has 0 bridgehead atoms. The van der Waals surface area contributed by atoms with Crippen LogP contribution in [0.4, 0.5) is 0 Å². The highest BCUT2D eigenvalue weighted by molar-refractivity contribution is 5.14. The number of benzene rings is 1. The van der Waals surface area contributed by atoms with Crippen molar-refractivity contribution < 1.29 is 9.26 Å². The van der Waals surface area contributed by atoms with Gasteiger partial charge in [0, 0.05) is 0 Å². The molecule has 5 nitrogen and oxygen atoms in total. The first kappa shape index (κ1) is 12.7. The molecule has 2 N–H and O–H groups in total. The molecule has 1 unspecified atom stereocenters. The van der Waals surface area contributed by atoms with E-state index in [9.17, 15) is 0 Å². The lowest BCUT2D eigenvalue weighted by Crippen LogP contribution is -2.05. The van der Waals surface area contributed by atoms with Gasteiger partial charge in [0.1, 0.15) is 6.10 Å². The molecule has 0 amide bonds. The Balaban J connectivity index is 1.79. The summed E-state index contributed by atoms with van der Waals surface area (Å²) in [6, 6.07) is 10.2. The Kier molecular flexibility index (Phi) is 4.44. The maximum atomic E-state index is 5.65. The molecule has 0 aliphatic rings. The number of rotatable bonds is 6. The van der Waals surface area contributed by atoms with Crippen molar-refractivity contribution >= 4 is 0 Å². The first-order chi connectivity index (χ1) is 8.79. The molecule has 1 atom stereocenters. The minimum absolute atomic E-state index is 0.207. The zero-order chi connectivity index (χ0) is 12.8. The van der Waals surface area contributed by atoms with Crippen molar-refractivity contribution in [3.05, 3.63) is 47.6 Å². The van der Waals surface area contributed by atoms with Crippen molar-refractivity contribution in [3.63, 3.8) is 0 Å². The second-order valence-corrected chi connectivity index (χ2v) is 4.00. The third kappa shape index (κ3) is 3.38. The predicted octanol–water partition coefficient (Wildman–Crippen LogP) is 1.85. The molecule has 1 aromatic carbocycles. The van der Waals surface area contributed by atoms with Crippen molar-refractivity contribution in [2.24, 2.45) is 5.73 Å². The molecule has 1 aromatic heterocycles. The first-order valence-electron chi connectivity index (χ1n) is 5.97. The number of nitrogens with two attached hydrogens (primary N) is 1. The molecule has 2 aromatic rings. The van der Waals surface area contributed by atoms with E-state index in [1.54, 1.807) is 0 Å². The Labute approximate surface area is 106 Å². The molecule has 5 heteroatoms. The van der Waals surface area contributed by atoms with Gasteiger partial charge in [-0.2, -0.15) is 4.98 Å². The van der Waals surface area contributed by atoms with Gasteiger partial charge >= 0.3 is 0 Å². The molecule has 0 aliphatic heterocycles. The number of ether oxygens (including phenoxy) is 1. The van der Waals surface area contributed by atoms with Gasteiger partial charge in [-0.05, 0) is 18.9 Å². The summed E-state index contributed by atoms with van der Waals surface area (Å²) in [5.74, 6) is 0.979. The van der Waals surface area contributed by atoms with Crippen LogP contribution in [0.5, 0.6) is 0 Å². The SMILES string of the molecule is CC(OCCc1ccccc1)c1nc(CN)no1. The summed E-state index contributed by atoms with van der Waals surface area (Å²) in [5, 5.41) is 3.73. The Hall–Kier alpha value is -1.72. The van der Waals surface area contributed by atoms with E-state index in [1.807, 2.05) is 25.1 Å². The van der Waals surface area contributed by atoms with Crippen LogP contribution in [0.15, 0.2) is 34.9 Å². The molecule has 2 rings (SSSR count). The monoisotopic (exact) mass is 247 g/mol. The Morgan fingerprint density at radius 3 is 2.78 bits per heavy atom. The van der Waals surface area contributed by atoms with E-state index in [4.69, 9.17) is 15.0 Å². The first-order valence-corrected chi connectivity index (χ1v) is 5.97. The average molecular weight is 247 g/mol. The van der Waals surface area contributed by atoms with Crippen LogP contribution in [0.3, 0.4) is 0 Å². The predicted molar refractivity (Wildman–Crippen MR) is 66.7 cm³/mol. The number of nitrogens with zero attached hydrogens (tertiary/aromatic N) is 2. The summed E-state index contributed by atoms with van der Waals surface area (Å²) >= 11 is 0. The van der Waals surface area contributed by atoms with Crippen LogP contribution in [0.25, 0.3) is 0 Å². The molecule has 0 radical (unpaired) electrons. The molecule has 0 spiro atoms. The van der Waals surface area contributed by atoms with E-state index in [1.165, 1.54) is 5.56 Å². The van der Waals surface area contributed by atoms with E-state index < -0.39 is 0 Å². The van der Waals surface area contributed by atoms with E-state index in [2.05, 4.69) is 22.3 Å². The molecule has 0 saturated heterocycles. The second-order valence-electron chi connectivity index (χ2n) is 4.00. The van der Waals surface area contributed by atoms with Gasteiger partial charge in [0.05, 0.1) is 13.2 Å². The zero-order valence-corrected chi connectivity index (χ0v) is 10.4. The molecule has 0 saturated carbocycles. The van der Waals surface area contributed by atoms with E-state index in [0.29, 0.717) is 18.3 Å². The normalized spacial score (nSPS) is 12.6. The van der Waals surface area contributed by atoms with Crippen LogP contribution in [-0.2, 0) is 17.7 Å². The van der Waals surface area contributed by atoms with Crippen molar-refractivity contribution in [3.8, 4) is 0 Å². The number of hydrogen-bond donors (Lipinski definition) is 1. The van der Waals surface area contributed by atoms with E-state index in [-0.39, 0.29) is 12.6 Å². The van der Waals surface area contributed by atoms with Crippen LogP contribution >= 0.6 is 0 Å². The number of hydrogen-bond acceptors (Lipinski definition) is 5. The molecule has 1 heterocycles. The Morgan fingerprint density at radius 2 is 2.11 bits per heavy atom. The van der Waals surface area contributed by atoms with Gasteiger partial charge in [0.25, 0.3) is 5.89 Å². The summed E-state index contributed by atoms with van der Waals surface area (Å²) in [5.41, 5.74) is 6.66. The van der Waals surface area contributed by atoms with Crippen LogP contribution in [-0.4, -0.2) is 16.7 Å². The van der Waals surface area contributed by atoms with Gasteiger partial charge in [-0.15, -0.1) is 0 Å². The third-order valence-electron chi connectivity index (χ3n) is 2.62. The molecule has 0 aliphatic carbocycles. The van der Waals surface area contributed by atoms with Crippen molar-refractivity contribution in [2.45, 2.75) is 26.0 Å². The zero-order valence-electron chi connectivity index (χ0n) is 10.4. The van der Waals surface area contributed by atoms with Gasteiger partial charge in [-0.1, -0.05) is 35.5 Å². The summed E-state index contributed by atoms with van der Waals surface area (Å²) in [7, 11) is 0. The summed E-state index contributed by atoms with van der Waals surface area (Å²) in [4.78, 5) is 4.13. The smallest absolute Gasteiger partial charge is 0.255 e. The fraction of sp³-hybridized carbons (Fsp3) is 0.385.